The highest BCUT2D eigenvalue weighted by Gasteiger charge is 2.07. The number of rotatable bonds is 7. The number of nitrogens with zero attached hydrogens (tertiary/aromatic N) is 2. The molecule has 0 fully saturated rings. The summed E-state index contributed by atoms with van der Waals surface area (Å²) in [4.78, 5) is 1.30. The van der Waals surface area contributed by atoms with Gasteiger partial charge in [-0.3, -0.25) is 4.68 Å². The highest BCUT2D eigenvalue weighted by molar-refractivity contribution is 7.99. The van der Waals surface area contributed by atoms with E-state index in [1.165, 1.54) is 10.5 Å². The second-order valence-electron chi connectivity index (χ2n) is 5.32. The van der Waals surface area contributed by atoms with Gasteiger partial charge in [0.15, 0.2) is 0 Å². The molecule has 114 valence electrons. The van der Waals surface area contributed by atoms with Crippen LogP contribution in [0.2, 0.25) is 0 Å². The van der Waals surface area contributed by atoms with Crippen LogP contribution in [0.25, 0.3) is 0 Å². The summed E-state index contributed by atoms with van der Waals surface area (Å²) < 4.78 is 1.73. The minimum atomic E-state index is 0.103. The molecule has 1 unspecified atom stereocenters. The number of nitrogens with one attached hydrogen (secondary N) is 1. The van der Waals surface area contributed by atoms with E-state index in [1.807, 2.05) is 18.0 Å². The molecule has 2 rings (SSSR count). The van der Waals surface area contributed by atoms with Crippen molar-refractivity contribution in [2.24, 2.45) is 0 Å². The van der Waals surface area contributed by atoms with Crippen molar-refractivity contribution in [3.8, 4) is 0 Å². The zero-order valence-electron chi connectivity index (χ0n) is 12.8. The van der Waals surface area contributed by atoms with Crippen LogP contribution in [-0.4, -0.2) is 26.7 Å². The van der Waals surface area contributed by atoms with Crippen molar-refractivity contribution in [1.82, 2.24) is 9.78 Å². The van der Waals surface area contributed by atoms with Crippen molar-refractivity contribution in [1.29, 1.82) is 0 Å². The van der Waals surface area contributed by atoms with Gasteiger partial charge in [-0.25, -0.2) is 0 Å². The predicted molar refractivity (Wildman–Crippen MR) is 88.8 cm³/mol. The maximum absolute atomic E-state index is 8.89. The van der Waals surface area contributed by atoms with E-state index in [1.54, 1.807) is 10.9 Å². The monoisotopic (exact) mass is 305 g/mol. The van der Waals surface area contributed by atoms with Crippen LogP contribution in [0.3, 0.4) is 0 Å². The Morgan fingerprint density at radius 1 is 1.24 bits per heavy atom. The van der Waals surface area contributed by atoms with Gasteiger partial charge >= 0.3 is 0 Å². The number of anilines is 1. The summed E-state index contributed by atoms with van der Waals surface area (Å²) in [5.74, 6) is 0. The summed E-state index contributed by atoms with van der Waals surface area (Å²) in [5, 5.41) is 17.1. The highest BCUT2D eigenvalue weighted by atomic mass is 32.2. The Morgan fingerprint density at radius 2 is 1.95 bits per heavy atom. The van der Waals surface area contributed by atoms with Crippen LogP contribution in [-0.2, 0) is 6.54 Å². The van der Waals surface area contributed by atoms with Crippen molar-refractivity contribution in [2.75, 3.05) is 11.9 Å². The SMILES string of the molecule is CC(C)Sc1ccc(C(C)Nc2cnn(CCO)c2)cc1. The van der Waals surface area contributed by atoms with Crippen molar-refractivity contribution in [3.05, 3.63) is 42.2 Å². The molecule has 0 aliphatic rings. The first-order valence-electron chi connectivity index (χ1n) is 7.25. The van der Waals surface area contributed by atoms with Gasteiger partial charge in [-0.1, -0.05) is 26.0 Å². The summed E-state index contributed by atoms with van der Waals surface area (Å²) >= 11 is 1.87. The van der Waals surface area contributed by atoms with Gasteiger partial charge in [0, 0.05) is 22.4 Å². The molecule has 1 heterocycles. The molecule has 0 aliphatic heterocycles. The Kier molecular flexibility index (Phi) is 5.70. The van der Waals surface area contributed by atoms with E-state index < -0.39 is 0 Å². The molecular weight excluding hydrogens is 282 g/mol. The van der Waals surface area contributed by atoms with Crippen molar-refractivity contribution in [2.45, 2.75) is 43.5 Å². The third-order valence-corrected chi connectivity index (χ3v) is 4.11. The molecule has 0 saturated heterocycles. The smallest absolute Gasteiger partial charge is 0.0731 e. The summed E-state index contributed by atoms with van der Waals surface area (Å²) in [5.41, 5.74) is 2.22. The van der Waals surface area contributed by atoms with Crippen LogP contribution in [0.4, 0.5) is 5.69 Å². The van der Waals surface area contributed by atoms with Crippen LogP contribution in [0, 0.1) is 0 Å². The molecule has 0 radical (unpaired) electrons. The van der Waals surface area contributed by atoms with E-state index in [4.69, 9.17) is 5.11 Å². The molecule has 0 aliphatic carbocycles. The zero-order chi connectivity index (χ0) is 15.2. The first-order chi connectivity index (χ1) is 10.1. The quantitative estimate of drug-likeness (QED) is 0.768. The minimum absolute atomic E-state index is 0.103. The van der Waals surface area contributed by atoms with Gasteiger partial charge in [0.05, 0.1) is 25.0 Å². The molecule has 0 saturated carbocycles. The predicted octanol–water partition coefficient (Wildman–Crippen LogP) is 3.55. The van der Waals surface area contributed by atoms with Gasteiger partial charge in [0.25, 0.3) is 0 Å². The fourth-order valence-electron chi connectivity index (χ4n) is 2.10. The lowest BCUT2D eigenvalue weighted by Gasteiger charge is -2.15. The maximum atomic E-state index is 8.89. The number of hydrogen-bond donors (Lipinski definition) is 2. The van der Waals surface area contributed by atoms with Crippen LogP contribution in [0.5, 0.6) is 0 Å². The summed E-state index contributed by atoms with van der Waals surface area (Å²) in [6.45, 7) is 7.16. The summed E-state index contributed by atoms with van der Waals surface area (Å²) in [7, 11) is 0. The first-order valence-corrected chi connectivity index (χ1v) is 8.13. The van der Waals surface area contributed by atoms with E-state index in [0.717, 1.165) is 5.69 Å². The van der Waals surface area contributed by atoms with Crippen LogP contribution in [0.15, 0.2) is 41.6 Å². The number of aromatic nitrogens is 2. The Balaban J connectivity index is 1.97. The third kappa shape index (κ3) is 4.79. The molecule has 1 aromatic carbocycles. The standard InChI is InChI=1S/C16H23N3OS/c1-12(2)21-16-6-4-14(5-7-16)13(3)18-15-10-17-19(11-15)8-9-20/h4-7,10-13,18,20H,8-9H2,1-3H3. The van der Waals surface area contributed by atoms with E-state index in [-0.39, 0.29) is 12.6 Å². The third-order valence-electron chi connectivity index (χ3n) is 3.10. The van der Waals surface area contributed by atoms with Crippen molar-refractivity contribution < 1.29 is 5.11 Å². The summed E-state index contributed by atoms with van der Waals surface area (Å²) in [6.07, 6.45) is 3.70. The molecule has 1 aromatic heterocycles. The van der Waals surface area contributed by atoms with Crippen LogP contribution < -0.4 is 5.32 Å². The topological polar surface area (TPSA) is 50.1 Å². The van der Waals surface area contributed by atoms with Gasteiger partial charge in [-0.2, -0.15) is 5.10 Å². The second kappa shape index (κ2) is 7.52. The molecule has 0 amide bonds. The van der Waals surface area contributed by atoms with Crippen LogP contribution in [0.1, 0.15) is 32.4 Å². The van der Waals surface area contributed by atoms with Gasteiger partial charge < -0.3 is 10.4 Å². The normalized spacial score (nSPS) is 12.6. The Labute approximate surface area is 130 Å². The van der Waals surface area contributed by atoms with E-state index in [9.17, 15) is 0 Å². The number of aliphatic hydroxyl groups is 1. The summed E-state index contributed by atoms with van der Waals surface area (Å²) in [6, 6.07) is 8.90. The number of thioether (sulfide) groups is 1. The molecule has 2 aromatic rings. The molecule has 0 bridgehead atoms. The van der Waals surface area contributed by atoms with Gasteiger partial charge in [0.2, 0.25) is 0 Å². The number of hydrogen-bond acceptors (Lipinski definition) is 4. The molecule has 0 spiro atoms. The Bertz CT molecular complexity index is 551. The van der Waals surface area contributed by atoms with Crippen LogP contribution >= 0.6 is 11.8 Å². The molecule has 2 N–H and O–H groups in total. The fourth-order valence-corrected chi connectivity index (χ4v) is 2.94. The molecule has 21 heavy (non-hydrogen) atoms. The lowest BCUT2D eigenvalue weighted by atomic mass is 10.1. The Hall–Kier alpha value is -1.46. The lowest BCUT2D eigenvalue weighted by Crippen LogP contribution is -2.06. The van der Waals surface area contributed by atoms with Gasteiger partial charge in [0.1, 0.15) is 0 Å². The zero-order valence-corrected chi connectivity index (χ0v) is 13.6. The lowest BCUT2D eigenvalue weighted by molar-refractivity contribution is 0.269. The average molecular weight is 305 g/mol. The van der Waals surface area contributed by atoms with Crippen molar-refractivity contribution >= 4 is 17.4 Å². The maximum Gasteiger partial charge on any atom is 0.0731 e. The van der Waals surface area contributed by atoms with E-state index in [0.29, 0.717) is 11.8 Å². The van der Waals surface area contributed by atoms with Gasteiger partial charge in [-0.15, -0.1) is 11.8 Å². The minimum Gasteiger partial charge on any atom is -0.394 e. The number of aliphatic hydroxyl groups excluding tert-OH is 1. The van der Waals surface area contributed by atoms with E-state index >= 15 is 0 Å². The fraction of sp³-hybridized carbons (Fsp3) is 0.438. The number of benzene rings is 1. The molecular formula is C16H23N3OS. The Morgan fingerprint density at radius 3 is 2.57 bits per heavy atom. The van der Waals surface area contributed by atoms with Crippen molar-refractivity contribution in [3.63, 3.8) is 0 Å². The van der Waals surface area contributed by atoms with Gasteiger partial charge in [-0.05, 0) is 24.6 Å². The largest absolute Gasteiger partial charge is 0.394 e. The highest BCUT2D eigenvalue weighted by Crippen LogP contribution is 2.25. The average Bonchev–Trinajstić information content (AvgIpc) is 2.86. The molecule has 1 atom stereocenters. The molecule has 4 nitrogen and oxygen atoms in total. The first kappa shape index (κ1) is 15.9. The van der Waals surface area contributed by atoms with E-state index in [2.05, 4.69) is 55.5 Å². The second-order valence-corrected chi connectivity index (χ2v) is 6.97. The molecule has 5 heteroatoms.